The zero-order valence-electron chi connectivity index (χ0n) is 9.45. The van der Waals surface area contributed by atoms with Crippen LogP contribution < -0.4 is 5.32 Å². The van der Waals surface area contributed by atoms with Crippen LogP contribution in [0.3, 0.4) is 0 Å². The van der Waals surface area contributed by atoms with Gasteiger partial charge in [0.2, 0.25) is 0 Å². The Hall–Kier alpha value is -1.92. The third kappa shape index (κ3) is 2.49. The summed E-state index contributed by atoms with van der Waals surface area (Å²) >= 11 is 0. The molecule has 0 unspecified atom stereocenters. The van der Waals surface area contributed by atoms with Crippen molar-refractivity contribution in [2.45, 2.75) is 18.2 Å². The molecule has 0 aromatic heterocycles. The van der Waals surface area contributed by atoms with Gasteiger partial charge in [-0.15, -0.1) is 0 Å². The zero-order chi connectivity index (χ0) is 13.1. The summed E-state index contributed by atoms with van der Waals surface area (Å²) in [6, 6.07) is 7.59. The Morgan fingerprint density at radius 3 is 2.50 bits per heavy atom. The van der Waals surface area contributed by atoms with Gasteiger partial charge in [0.1, 0.15) is 12.7 Å². The quantitative estimate of drug-likeness (QED) is 0.603. The second-order valence-electron chi connectivity index (χ2n) is 4.01. The predicted molar refractivity (Wildman–Crippen MR) is 60.7 cm³/mol. The highest BCUT2D eigenvalue weighted by atomic mass is 16.5. The number of nitrogens with one attached hydrogen (secondary N) is 1. The molecule has 3 atom stereocenters. The molecular formula is C12H13NO5. The molecule has 0 radical (unpaired) electrons. The largest absolute Gasteiger partial charge is 0.460 e. The van der Waals surface area contributed by atoms with Gasteiger partial charge >= 0.3 is 5.97 Å². The van der Waals surface area contributed by atoms with E-state index in [1.807, 2.05) is 0 Å². The van der Waals surface area contributed by atoms with Gasteiger partial charge in [-0.25, -0.2) is 4.79 Å². The number of hydrogen-bond donors (Lipinski definition) is 3. The molecule has 3 N–H and O–H groups in total. The Morgan fingerprint density at radius 1 is 1.28 bits per heavy atom. The summed E-state index contributed by atoms with van der Waals surface area (Å²) in [5.41, 5.74) is 0.386. The first-order chi connectivity index (χ1) is 8.59. The lowest BCUT2D eigenvalue weighted by atomic mass is 10.1. The van der Waals surface area contributed by atoms with E-state index in [0.29, 0.717) is 5.56 Å². The van der Waals surface area contributed by atoms with Crippen LogP contribution in [0.25, 0.3) is 0 Å². The molecule has 18 heavy (non-hydrogen) atoms. The predicted octanol–water partition coefficient (Wildman–Crippen LogP) is -0.936. The SMILES string of the molecule is O=C(OC[C@@H]1NC(=O)[C@H](O)[C@H]1O)c1ccccc1. The molecule has 1 aromatic carbocycles. The number of carbonyl (C=O) groups is 2. The summed E-state index contributed by atoms with van der Waals surface area (Å²) < 4.78 is 4.95. The fourth-order valence-corrected chi connectivity index (χ4v) is 1.69. The summed E-state index contributed by atoms with van der Waals surface area (Å²) in [5, 5.41) is 21.0. The maximum absolute atomic E-state index is 11.6. The van der Waals surface area contributed by atoms with Crippen molar-refractivity contribution in [3.05, 3.63) is 35.9 Å². The second kappa shape index (κ2) is 5.16. The summed E-state index contributed by atoms with van der Waals surface area (Å²) in [4.78, 5) is 22.6. The van der Waals surface area contributed by atoms with E-state index in [1.54, 1.807) is 30.3 Å². The number of benzene rings is 1. The van der Waals surface area contributed by atoms with Crippen LogP contribution in [-0.2, 0) is 9.53 Å². The molecule has 1 aliphatic rings. The van der Waals surface area contributed by atoms with Gasteiger partial charge in [0.25, 0.3) is 5.91 Å². The van der Waals surface area contributed by atoms with Crippen LogP contribution in [0.1, 0.15) is 10.4 Å². The Labute approximate surface area is 103 Å². The number of carbonyl (C=O) groups excluding carboxylic acids is 2. The highest BCUT2D eigenvalue weighted by Crippen LogP contribution is 2.10. The number of esters is 1. The average molecular weight is 251 g/mol. The first-order valence-corrected chi connectivity index (χ1v) is 5.48. The van der Waals surface area contributed by atoms with E-state index in [1.165, 1.54) is 0 Å². The monoisotopic (exact) mass is 251 g/mol. The molecule has 6 nitrogen and oxygen atoms in total. The number of ether oxygens (including phenoxy) is 1. The third-order valence-electron chi connectivity index (χ3n) is 2.74. The van der Waals surface area contributed by atoms with Crippen molar-refractivity contribution in [2.24, 2.45) is 0 Å². The molecule has 6 heteroatoms. The van der Waals surface area contributed by atoms with E-state index < -0.39 is 30.1 Å². The lowest BCUT2D eigenvalue weighted by Gasteiger charge is -2.14. The van der Waals surface area contributed by atoms with Crippen LogP contribution in [0.15, 0.2) is 30.3 Å². The molecule has 0 aliphatic carbocycles. The lowest BCUT2D eigenvalue weighted by Crippen LogP contribution is -2.37. The van der Waals surface area contributed by atoms with Crippen molar-refractivity contribution in [3.8, 4) is 0 Å². The van der Waals surface area contributed by atoms with Crippen LogP contribution in [0.4, 0.5) is 0 Å². The van der Waals surface area contributed by atoms with Crippen molar-refractivity contribution in [1.82, 2.24) is 5.32 Å². The molecule has 2 rings (SSSR count). The smallest absolute Gasteiger partial charge is 0.338 e. The summed E-state index contributed by atoms with van der Waals surface area (Å²) in [7, 11) is 0. The average Bonchev–Trinajstić information content (AvgIpc) is 2.64. The molecule has 1 aromatic rings. The molecule has 1 aliphatic heterocycles. The number of rotatable bonds is 3. The van der Waals surface area contributed by atoms with Gasteiger partial charge in [0.15, 0.2) is 6.10 Å². The number of aliphatic hydroxyl groups is 2. The zero-order valence-corrected chi connectivity index (χ0v) is 9.45. The maximum atomic E-state index is 11.6. The minimum Gasteiger partial charge on any atom is -0.460 e. The van der Waals surface area contributed by atoms with Crippen molar-refractivity contribution in [2.75, 3.05) is 6.61 Å². The third-order valence-corrected chi connectivity index (χ3v) is 2.74. The van der Waals surface area contributed by atoms with Crippen LogP contribution in [0, 0.1) is 0 Å². The van der Waals surface area contributed by atoms with Gasteiger partial charge in [-0.1, -0.05) is 18.2 Å². The van der Waals surface area contributed by atoms with Gasteiger partial charge in [0.05, 0.1) is 11.6 Å². The van der Waals surface area contributed by atoms with Crippen molar-refractivity contribution in [3.63, 3.8) is 0 Å². The summed E-state index contributed by atoms with van der Waals surface area (Å²) in [6.45, 7) is -0.183. The Balaban J connectivity index is 1.89. The van der Waals surface area contributed by atoms with E-state index in [2.05, 4.69) is 5.32 Å². The van der Waals surface area contributed by atoms with E-state index in [0.717, 1.165) is 0 Å². The number of amides is 1. The van der Waals surface area contributed by atoms with Crippen LogP contribution in [-0.4, -0.2) is 46.9 Å². The van der Waals surface area contributed by atoms with Crippen LogP contribution in [0.2, 0.25) is 0 Å². The minimum absolute atomic E-state index is 0.183. The molecule has 1 amide bonds. The Morgan fingerprint density at radius 2 is 1.94 bits per heavy atom. The maximum Gasteiger partial charge on any atom is 0.338 e. The van der Waals surface area contributed by atoms with Crippen molar-refractivity contribution >= 4 is 11.9 Å². The van der Waals surface area contributed by atoms with E-state index in [9.17, 15) is 19.8 Å². The standard InChI is InChI=1S/C12H13NO5/c14-9-8(13-11(16)10(9)15)6-18-12(17)7-4-2-1-3-5-7/h1-5,8-10,14-15H,6H2,(H,13,16)/t8-,9-,10+/m0/s1. The fraction of sp³-hybridized carbons (Fsp3) is 0.333. The molecule has 1 heterocycles. The number of aliphatic hydroxyl groups excluding tert-OH is 2. The molecule has 0 bridgehead atoms. The van der Waals surface area contributed by atoms with Gasteiger partial charge in [-0.2, -0.15) is 0 Å². The van der Waals surface area contributed by atoms with Gasteiger partial charge in [0, 0.05) is 0 Å². The molecule has 0 spiro atoms. The van der Waals surface area contributed by atoms with E-state index >= 15 is 0 Å². The molecular weight excluding hydrogens is 238 g/mol. The van der Waals surface area contributed by atoms with E-state index in [4.69, 9.17) is 4.74 Å². The summed E-state index contributed by atoms with van der Waals surface area (Å²) in [5.74, 6) is -1.21. The van der Waals surface area contributed by atoms with E-state index in [-0.39, 0.29) is 6.61 Å². The highest BCUT2D eigenvalue weighted by molar-refractivity contribution is 5.89. The second-order valence-corrected chi connectivity index (χ2v) is 4.01. The fourth-order valence-electron chi connectivity index (χ4n) is 1.69. The summed E-state index contributed by atoms with van der Waals surface area (Å²) in [6.07, 6.45) is -2.73. The minimum atomic E-state index is -1.47. The lowest BCUT2D eigenvalue weighted by molar-refractivity contribution is -0.128. The normalized spacial score (nSPS) is 26.8. The molecule has 1 fully saturated rings. The van der Waals surface area contributed by atoms with Crippen LogP contribution >= 0.6 is 0 Å². The van der Waals surface area contributed by atoms with Crippen molar-refractivity contribution < 1.29 is 24.5 Å². The van der Waals surface area contributed by atoms with Gasteiger partial charge < -0.3 is 20.3 Å². The Kier molecular flexibility index (Phi) is 3.59. The molecule has 0 saturated carbocycles. The topological polar surface area (TPSA) is 95.9 Å². The first kappa shape index (κ1) is 12.5. The van der Waals surface area contributed by atoms with Gasteiger partial charge in [-0.05, 0) is 12.1 Å². The number of hydrogen-bond acceptors (Lipinski definition) is 5. The first-order valence-electron chi connectivity index (χ1n) is 5.48. The van der Waals surface area contributed by atoms with Crippen LogP contribution in [0.5, 0.6) is 0 Å². The molecule has 96 valence electrons. The van der Waals surface area contributed by atoms with Crippen molar-refractivity contribution in [1.29, 1.82) is 0 Å². The van der Waals surface area contributed by atoms with Gasteiger partial charge in [-0.3, -0.25) is 4.79 Å². The Bertz CT molecular complexity index is 447. The highest BCUT2D eigenvalue weighted by Gasteiger charge is 2.40. The molecule has 1 saturated heterocycles.